The fraction of sp³-hybridized carbons (Fsp3) is 0.909. The Morgan fingerprint density at radius 1 is 1.40 bits per heavy atom. The summed E-state index contributed by atoms with van der Waals surface area (Å²) >= 11 is 1.76. The lowest BCUT2D eigenvalue weighted by Crippen LogP contribution is -2.46. The van der Waals surface area contributed by atoms with E-state index in [0.29, 0.717) is 6.54 Å². The third-order valence-corrected chi connectivity index (χ3v) is 3.77. The maximum absolute atomic E-state index is 12.2. The molecule has 0 aromatic carbocycles. The molecule has 0 heterocycles. The summed E-state index contributed by atoms with van der Waals surface area (Å²) in [6.45, 7) is 5.33. The highest BCUT2D eigenvalue weighted by molar-refractivity contribution is 7.98. The van der Waals surface area contributed by atoms with Crippen LogP contribution in [-0.2, 0) is 4.79 Å². The molecule has 15 heavy (non-hydrogen) atoms. The van der Waals surface area contributed by atoms with Gasteiger partial charge in [0.2, 0.25) is 5.91 Å². The molecule has 0 atom stereocenters. The predicted molar refractivity (Wildman–Crippen MR) is 68.1 cm³/mol. The Bertz CT molecular complexity index is 185. The number of nitrogens with two attached hydrogens (primary N) is 1. The van der Waals surface area contributed by atoms with E-state index in [-0.39, 0.29) is 11.3 Å². The SMILES string of the molecule is CCC(CC)(CN)C(=O)N(C)CCSC. The van der Waals surface area contributed by atoms with Gasteiger partial charge in [-0.25, -0.2) is 0 Å². The number of carbonyl (C=O) groups excluding carboxylic acids is 1. The molecule has 90 valence electrons. The van der Waals surface area contributed by atoms with Crippen LogP contribution in [0.15, 0.2) is 0 Å². The average Bonchev–Trinajstić information content (AvgIpc) is 2.28. The lowest BCUT2D eigenvalue weighted by atomic mass is 9.81. The van der Waals surface area contributed by atoms with Crippen LogP contribution in [-0.4, -0.2) is 43.0 Å². The molecule has 0 fully saturated rings. The smallest absolute Gasteiger partial charge is 0.229 e. The summed E-state index contributed by atoms with van der Waals surface area (Å²) in [5, 5.41) is 0. The zero-order valence-electron chi connectivity index (χ0n) is 10.4. The minimum atomic E-state index is -0.340. The molecular formula is C11H24N2OS. The maximum Gasteiger partial charge on any atom is 0.229 e. The Hall–Kier alpha value is -0.220. The third kappa shape index (κ3) is 3.68. The highest BCUT2D eigenvalue weighted by atomic mass is 32.2. The van der Waals surface area contributed by atoms with Gasteiger partial charge in [0.1, 0.15) is 0 Å². The van der Waals surface area contributed by atoms with Gasteiger partial charge in [0.25, 0.3) is 0 Å². The summed E-state index contributed by atoms with van der Waals surface area (Å²) in [6.07, 6.45) is 3.69. The molecular weight excluding hydrogens is 208 g/mol. The molecule has 4 heteroatoms. The first-order valence-electron chi connectivity index (χ1n) is 5.52. The maximum atomic E-state index is 12.2. The number of hydrogen-bond donors (Lipinski definition) is 1. The standard InChI is InChI=1S/C11H24N2OS/c1-5-11(6-2,9-12)10(14)13(3)7-8-15-4/h5-9,12H2,1-4H3. The quantitative estimate of drug-likeness (QED) is 0.725. The van der Waals surface area contributed by atoms with Crippen molar-refractivity contribution in [1.29, 1.82) is 0 Å². The van der Waals surface area contributed by atoms with Gasteiger partial charge in [-0.15, -0.1) is 0 Å². The Kier molecular flexibility index (Phi) is 7.02. The van der Waals surface area contributed by atoms with Crippen LogP contribution < -0.4 is 5.73 Å². The predicted octanol–water partition coefficient (Wildman–Crippen LogP) is 1.57. The number of amides is 1. The van der Waals surface area contributed by atoms with Crippen molar-refractivity contribution in [2.24, 2.45) is 11.1 Å². The highest BCUT2D eigenvalue weighted by Crippen LogP contribution is 2.27. The summed E-state index contributed by atoms with van der Waals surface area (Å²) in [5.41, 5.74) is 5.40. The molecule has 0 saturated heterocycles. The molecule has 0 aromatic rings. The van der Waals surface area contributed by atoms with Crippen LogP contribution in [0.2, 0.25) is 0 Å². The first-order chi connectivity index (χ1) is 7.07. The van der Waals surface area contributed by atoms with E-state index in [2.05, 4.69) is 0 Å². The van der Waals surface area contributed by atoms with E-state index in [1.807, 2.05) is 32.1 Å². The first-order valence-corrected chi connectivity index (χ1v) is 6.92. The van der Waals surface area contributed by atoms with Crippen molar-refractivity contribution in [2.45, 2.75) is 26.7 Å². The van der Waals surface area contributed by atoms with Gasteiger partial charge >= 0.3 is 0 Å². The number of nitrogens with zero attached hydrogens (tertiary/aromatic N) is 1. The molecule has 0 unspecified atom stereocenters. The summed E-state index contributed by atoms with van der Waals surface area (Å²) in [5.74, 6) is 1.18. The van der Waals surface area contributed by atoms with Gasteiger partial charge in [-0.05, 0) is 19.1 Å². The third-order valence-electron chi connectivity index (χ3n) is 3.18. The van der Waals surface area contributed by atoms with Gasteiger partial charge in [0.05, 0.1) is 5.41 Å². The van der Waals surface area contributed by atoms with Crippen molar-refractivity contribution in [3.8, 4) is 0 Å². The molecule has 0 aromatic heterocycles. The molecule has 0 radical (unpaired) electrons. The van der Waals surface area contributed by atoms with Crippen LogP contribution >= 0.6 is 11.8 Å². The number of thioether (sulfide) groups is 1. The zero-order chi connectivity index (χ0) is 11.9. The Balaban J connectivity index is 4.49. The van der Waals surface area contributed by atoms with Gasteiger partial charge < -0.3 is 10.6 Å². The topological polar surface area (TPSA) is 46.3 Å². The molecule has 0 aliphatic heterocycles. The summed E-state index contributed by atoms with van der Waals surface area (Å²) < 4.78 is 0. The minimum absolute atomic E-state index is 0.198. The van der Waals surface area contributed by atoms with E-state index in [1.54, 1.807) is 11.8 Å². The summed E-state index contributed by atoms with van der Waals surface area (Å²) in [4.78, 5) is 14.0. The second-order valence-electron chi connectivity index (χ2n) is 3.91. The molecule has 0 spiro atoms. The minimum Gasteiger partial charge on any atom is -0.344 e. The second kappa shape index (κ2) is 7.12. The Morgan fingerprint density at radius 2 is 1.93 bits per heavy atom. The molecule has 2 N–H and O–H groups in total. The normalized spacial score (nSPS) is 11.5. The van der Waals surface area contributed by atoms with Crippen molar-refractivity contribution < 1.29 is 4.79 Å². The average molecular weight is 232 g/mol. The molecule has 0 saturated carbocycles. The zero-order valence-corrected chi connectivity index (χ0v) is 11.2. The van der Waals surface area contributed by atoms with Crippen LogP contribution in [0.3, 0.4) is 0 Å². The second-order valence-corrected chi connectivity index (χ2v) is 4.90. The lowest BCUT2D eigenvalue weighted by molar-refractivity contribution is -0.140. The Labute approximate surface area is 97.8 Å². The Morgan fingerprint density at radius 3 is 2.27 bits per heavy atom. The van der Waals surface area contributed by atoms with Gasteiger partial charge in [-0.3, -0.25) is 4.79 Å². The molecule has 0 rings (SSSR count). The van der Waals surface area contributed by atoms with Crippen molar-refractivity contribution in [3.63, 3.8) is 0 Å². The van der Waals surface area contributed by atoms with Gasteiger partial charge in [0, 0.05) is 25.9 Å². The van der Waals surface area contributed by atoms with Crippen LogP contribution in [0.4, 0.5) is 0 Å². The molecule has 0 aliphatic rings. The largest absolute Gasteiger partial charge is 0.344 e. The fourth-order valence-corrected chi connectivity index (χ4v) is 2.12. The van der Waals surface area contributed by atoms with Crippen molar-refractivity contribution >= 4 is 17.7 Å². The lowest BCUT2D eigenvalue weighted by Gasteiger charge is -2.33. The molecule has 3 nitrogen and oxygen atoms in total. The highest BCUT2D eigenvalue weighted by Gasteiger charge is 2.35. The van der Waals surface area contributed by atoms with Crippen molar-refractivity contribution in [1.82, 2.24) is 4.90 Å². The first kappa shape index (κ1) is 14.8. The summed E-state index contributed by atoms with van der Waals surface area (Å²) in [6, 6.07) is 0. The van der Waals surface area contributed by atoms with Crippen LogP contribution in [0, 0.1) is 5.41 Å². The number of rotatable bonds is 7. The molecule has 0 bridgehead atoms. The van der Waals surface area contributed by atoms with Crippen molar-refractivity contribution in [3.05, 3.63) is 0 Å². The van der Waals surface area contributed by atoms with E-state index >= 15 is 0 Å². The van der Waals surface area contributed by atoms with E-state index < -0.39 is 0 Å². The molecule has 0 aliphatic carbocycles. The van der Waals surface area contributed by atoms with E-state index in [4.69, 9.17) is 5.73 Å². The van der Waals surface area contributed by atoms with E-state index in [0.717, 1.165) is 25.1 Å². The van der Waals surface area contributed by atoms with Gasteiger partial charge in [0.15, 0.2) is 0 Å². The van der Waals surface area contributed by atoms with E-state index in [9.17, 15) is 4.79 Å². The van der Waals surface area contributed by atoms with Crippen LogP contribution in [0.5, 0.6) is 0 Å². The van der Waals surface area contributed by atoms with Gasteiger partial charge in [-0.2, -0.15) is 11.8 Å². The monoisotopic (exact) mass is 232 g/mol. The fourth-order valence-electron chi connectivity index (χ4n) is 1.66. The molecule has 1 amide bonds. The summed E-state index contributed by atoms with van der Waals surface area (Å²) in [7, 11) is 1.87. The van der Waals surface area contributed by atoms with Crippen LogP contribution in [0.1, 0.15) is 26.7 Å². The van der Waals surface area contributed by atoms with Crippen LogP contribution in [0.25, 0.3) is 0 Å². The number of hydrogen-bond acceptors (Lipinski definition) is 3. The van der Waals surface area contributed by atoms with Gasteiger partial charge in [-0.1, -0.05) is 13.8 Å². The van der Waals surface area contributed by atoms with E-state index in [1.165, 1.54) is 0 Å². The number of carbonyl (C=O) groups is 1. The van der Waals surface area contributed by atoms with Crippen molar-refractivity contribution in [2.75, 3.05) is 32.1 Å².